The third-order valence-corrected chi connectivity index (χ3v) is 6.81. The molecule has 0 aliphatic heterocycles. The first-order valence-electron chi connectivity index (χ1n) is 10.8. The number of benzene rings is 4. The molecule has 0 fully saturated rings. The zero-order chi connectivity index (χ0) is 21.6. The monoisotopic (exact) mass is 417 g/mol. The highest BCUT2D eigenvalue weighted by atomic mass is 16.3. The number of hydrogen-bond donors (Lipinski definition) is 0. The van der Waals surface area contributed by atoms with Crippen LogP contribution in [0.3, 0.4) is 0 Å². The third kappa shape index (κ3) is 2.14. The van der Waals surface area contributed by atoms with Crippen LogP contribution in [0.25, 0.3) is 66.3 Å². The molecule has 0 bridgehead atoms. The van der Waals surface area contributed by atoms with Crippen LogP contribution in [-0.4, -0.2) is 4.57 Å². The van der Waals surface area contributed by atoms with Crippen LogP contribution in [-0.2, 0) is 14.1 Å². The molecule has 7 aromatic rings. The van der Waals surface area contributed by atoms with Crippen LogP contribution in [0.1, 0.15) is 5.56 Å². The molecule has 0 radical (unpaired) electrons. The maximum absolute atomic E-state index is 6.58. The fourth-order valence-electron chi connectivity index (χ4n) is 5.25. The second-order valence-corrected chi connectivity index (χ2v) is 8.61. The van der Waals surface area contributed by atoms with Crippen molar-refractivity contribution in [1.29, 1.82) is 0 Å². The van der Waals surface area contributed by atoms with E-state index in [0.717, 1.165) is 55.3 Å². The van der Waals surface area contributed by atoms with Crippen LogP contribution in [0.15, 0.2) is 81.6 Å². The maximum atomic E-state index is 6.58. The number of furan rings is 2. The van der Waals surface area contributed by atoms with E-state index in [1.54, 1.807) is 0 Å². The maximum Gasteiger partial charge on any atom is 0.293 e. The SMILES string of the molecule is Cc1ccc2c(oc3cc4c(cc32)oc2ccccc24)c1-c1n(C)c2ccccc2[n+]1C. The van der Waals surface area contributed by atoms with Crippen molar-refractivity contribution in [2.45, 2.75) is 6.92 Å². The van der Waals surface area contributed by atoms with Crippen molar-refractivity contribution in [1.82, 2.24) is 4.57 Å². The van der Waals surface area contributed by atoms with Gasteiger partial charge in [-0.2, -0.15) is 0 Å². The fraction of sp³-hybridized carbons (Fsp3) is 0.107. The number of imidazole rings is 1. The summed E-state index contributed by atoms with van der Waals surface area (Å²) in [6.07, 6.45) is 0. The van der Waals surface area contributed by atoms with Gasteiger partial charge in [-0.1, -0.05) is 42.5 Å². The van der Waals surface area contributed by atoms with Gasteiger partial charge >= 0.3 is 0 Å². The summed E-state index contributed by atoms with van der Waals surface area (Å²) in [5.41, 5.74) is 8.29. The highest BCUT2D eigenvalue weighted by Crippen LogP contribution is 2.40. The van der Waals surface area contributed by atoms with Crippen molar-refractivity contribution in [2.75, 3.05) is 0 Å². The molecular formula is C28H21N2O2+. The molecule has 0 saturated carbocycles. The fourth-order valence-corrected chi connectivity index (χ4v) is 5.25. The molecule has 0 aliphatic rings. The van der Waals surface area contributed by atoms with Crippen LogP contribution in [0.5, 0.6) is 0 Å². The molecule has 4 aromatic carbocycles. The molecule has 154 valence electrons. The molecule has 4 nitrogen and oxygen atoms in total. The van der Waals surface area contributed by atoms with E-state index in [9.17, 15) is 0 Å². The van der Waals surface area contributed by atoms with E-state index in [1.165, 1.54) is 16.6 Å². The second kappa shape index (κ2) is 6.01. The largest absolute Gasteiger partial charge is 0.456 e. The first-order chi connectivity index (χ1) is 15.6. The molecule has 0 unspecified atom stereocenters. The van der Waals surface area contributed by atoms with E-state index in [2.05, 4.69) is 84.8 Å². The zero-order valence-electron chi connectivity index (χ0n) is 18.1. The summed E-state index contributed by atoms with van der Waals surface area (Å²) in [7, 11) is 4.25. The van der Waals surface area contributed by atoms with E-state index in [4.69, 9.17) is 8.83 Å². The van der Waals surface area contributed by atoms with Crippen LogP contribution < -0.4 is 4.57 Å². The Morgan fingerprint density at radius 1 is 0.719 bits per heavy atom. The number of rotatable bonds is 1. The minimum absolute atomic E-state index is 0.882. The number of nitrogens with zero attached hydrogens (tertiary/aromatic N) is 2. The summed E-state index contributed by atoms with van der Waals surface area (Å²) in [4.78, 5) is 0. The number of fused-ring (bicyclic) bond motifs is 7. The van der Waals surface area contributed by atoms with Gasteiger partial charge in [-0.15, -0.1) is 0 Å². The van der Waals surface area contributed by atoms with Gasteiger partial charge in [0, 0.05) is 21.5 Å². The molecule has 4 heteroatoms. The Bertz CT molecular complexity index is 1820. The minimum Gasteiger partial charge on any atom is -0.456 e. The van der Waals surface area contributed by atoms with Crippen molar-refractivity contribution < 1.29 is 13.4 Å². The van der Waals surface area contributed by atoms with Gasteiger partial charge in [-0.05, 0) is 42.8 Å². The van der Waals surface area contributed by atoms with Gasteiger partial charge in [0.15, 0.2) is 16.6 Å². The Hall–Kier alpha value is -4.05. The van der Waals surface area contributed by atoms with Gasteiger partial charge in [-0.3, -0.25) is 0 Å². The minimum atomic E-state index is 0.882. The second-order valence-electron chi connectivity index (χ2n) is 8.61. The first kappa shape index (κ1) is 17.6. The van der Waals surface area contributed by atoms with Crippen molar-refractivity contribution >= 4 is 54.9 Å². The predicted octanol–water partition coefficient (Wildman–Crippen LogP) is 6.78. The highest BCUT2D eigenvalue weighted by Gasteiger charge is 2.27. The van der Waals surface area contributed by atoms with Gasteiger partial charge in [0.2, 0.25) is 0 Å². The Morgan fingerprint density at radius 2 is 1.44 bits per heavy atom. The summed E-state index contributed by atoms with van der Waals surface area (Å²) >= 11 is 0. The number of hydrogen-bond acceptors (Lipinski definition) is 2. The molecule has 7 rings (SSSR count). The normalized spacial score (nSPS) is 12.2. The quantitative estimate of drug-likeness (QED) is 0.276. The summed E-state index contributed by atoms with van der Waals surface area (Å²) in [6.45, 7) is 2.15. The standard InChI is InChI=1S/C28H21N2O2/c1-16-12-13-18-20-15-24-19(17-8-4-7-11-23(17)31-24)14-25(20)32-27(18)26(16)28-29(2)21-9-5-6-10-22(21)30(28)3/h4-15H,1-3H3/q+1. The molecule has 0 saturated heterocycles. The highest BCUT2D eigenvalue weighted by molar-refractivity contribution is 6.16. The van der Waals surface area contributed by atoms with Crippen LogP contribution in [0, 0.1) is 6.92 Å². The Labute approximate surface area is 183 Å². The van der Waals surface area contributed by atoms with Gasteiger partial charge in [0.25, 0.3) is 5.82 Å². The van der Waals surface area contributed by atoms with Crippen molar-refractivity contribution in [3.8, 4) is 11.4 Å². The lowest BCUT2D eigenvalue weighted by Crippen LogP contribution is -2.30. The average molecular weight is 417 g/mol. The van der Waals surface area contributed by atoms with Gasteiger partial charge < -0.3 is 8.83 Å². The summed E-state index contributed by atoms with van der Waals surface area (Å²) in [6, 6.07) is 25.2. The molecule has 0 spiro atoms. The van der Waals surface area contributed by atoms with Crippen molar-refractivity contribution in [3.63, 3.8) is 0 Å². The lowest BCUT2D eigenvalue weighted by atomic mass is 10.0. The third-order valence-electron chi connectivity index (χ3n) is 6.81. The van der Waals surface area contributed by atoms with Crippen LogP contribution in [0.2, 0.25) is 0 Å². The molecule has 0 N–H and O–H groups in total. The van der Waals surface area contributed by atoms with E-state index in [1.807, 2.05) is 18.2 Å². The summed E-state index contributed by atoms with van der Waals surface area (Å²) < 4.78 is 17.2. The Balaban J connectivity index is 1.61. The van der Waals surface area contributed by atoms with Crippen molar-refractivity contribution in [3.05, 3.63) is 78.4 Å². The topological polar surface area (TPSA) is 35.1 Å². The lowest BCUT2D eigenvalue weighted by Gasteiger charge is -2.04. The Kier molecular flexibility index (Phi) is 3.31. The Morgan fingerprint density at radius 3 is 2.28 bits per heavy atom. The molecular weight excluding hydrogens is 396 g/mol. The molecule has 0 amide bonds. The number of aryl methyl sites for hydroxylation is 3. The molecule has 0 atom stereocenters. The summed E-state index contributed by atoms with van der Waals surface area (Å²) in [5, 5.41) is 4.38. The first-order valence-corrected chi connectivity index (χ1v) is 10.8. The molecule has 0 aliphatic carbocycles. The van der Waals surface area contributed by atoms with Crippen molar-refractivity contribution in [2.24, 2.45) is 14.1 Å². The van der Waals surface area contributed by atoms with E-state index in [-0.39, 0.29) is 0 Å². The summed E-state index contributed by atoms with van der Waals surface area (Å²) in [5.74, 6) is 1.13. The van der Waals surface area contributed by atoms with Gasteiger partial charge in [0.1, 0.15) is 22.3 Å². The zero-order valence-corrected chi connectivity index (χ0v) is 18.1. The van der Waals surface area contributed by atoms with E-state index < -0.39 is 0 Å². The molecule has 32 heavy (non-hydrogen) atoms. The molecule has 3 aromatic heterocycles. The number of para-hydroxylation sites is 3. The van der Waals surface area contributed by atoms with Crippen LogP contribution in [0.4, 0.5) is 0 Å². The van der Waals surface area contributed by atoms with E-state index >= 15 is 0 Å². The average Bonchev–Trinajstić information content (AvgIpc) is 3.43. The number of aromatic nitrogens is 2. The lowest BCUT2D eigenvalue weighted by molar-refractivity contribution is -0.634. The predicted molar refractivity (Wildman–Crippen MR) is 129 cm³/mol. The van der Waals surface area contributed by atoms with E-state index in [0.29, 0.717) is 0 Å². The smallest absolute Gasteiger partial charge is 0.293 e. The van der Waals surface area contributed by atoms with Crippen LogP contribution >= 0.6 is 0 Å². The van der Waals surface area contributed by atoms with Gasteiger partial charge in [0.05, 0.1) is 14.1 Å². The van der Waals surface area contributed by atoms with Gasteiger partial charge in [-0.25, -0.2) is 9.13 Å². The molecule has 3 heterocycles.